The van der Waals surface area contributed by atoms with Gasteiger partial charge in [-0.2, -0.15) is 5.10 Å². The molecular weight excluding hydrogens is 562 g/mol. The topological polar surface area (TPSA) is 97.3 Å². The second-order valence-electron chi connectivity index (χ2n) is 9.83. The first-order valence-corrected chi connectivity index (χ1v) is 15.0. The SMILES string of the molecule is COc1ccc(C)cc1N(CC(=O)N/N=C\c1ccc(OCc2ccc3ccccc3c2)cc1)S(=O)(=O)c1ccccc1. The molecule has 0 heterocycles. The van der Waals surface area contributed by atoms with Gasteiger partial charge in [-0.05, 0) is 89.0 Å². The monoisotopic (exact) mass is 593 g/mol. The molecule has 43 heavy (non-hydrogen) atoms. The van der Waals surface area contributed by atoms with E-state index in [1.165, 1.54) is 30.8 Å². The molecule has 0 saturated heterocycles. The van der Waals surface area contributed by atoms with Crippen molar-refractivity contribution in [2.24, 2.45) is 5.10 Å². The number of sulfonamides is 1. The maximum atomic E-state index is 13.6. The van der Waals surface area contributed by atoms with Crippen molar-refractivity contribution in [2.45, 2.75) is 18.4 Å². The second kappa shape index (κ2) is 13.2. The first kappa shape index (κ1) is 29.3. The van der Waals surface area contributed by atoms with Gasteiger partial charge in [0.2, 0.25) is 0 Å². The van der Waals surface area contributed by atoms with Gasteiger partial charge < -0.3 is 9.47 Å². The molecule has 0 spiro atoms. The minimum atomic E-state index is -4.09. The average Bonchev–Trinajstić information content (AvgIpc) is 3.03. The summed E-state index contributed by atoms with van der Waals surface area (Å²) in [5.41, 5.74) is 5.30. The number of carbonyl (C=O) groups is 1. The van der Waals surface area contributed by atoms with Gasteiger partial charge in [-0.25, -0.2) is 13.8 Å². The van der Waals surface area contributed by atoms with Crippen molar-refractivity contribution in [2.75, 3.05) is 18.0 Å². The van der Waals surface area contributed by atoms with Crippen LogP contribution in [0, 0.1) is 6.92 Å². The summed E-state index contributed by atoms with van der Waals surface area (Å²) in [6, 6.07) is 34.8. The number of hydrazone groups is 1. The van der Waals surface area contributed by atoms with E-state index in [9.17, 15) is 13.2 Å². The zero-order valence-electron chi connectivity index (χ0n) is 23.8. The third-order valence-corrected chi connectivity index (χ3v) is 8.50. The van der Waals surface area contributed by atoms with E-state index in [1.807, 2.05) is 49.4 Å². The molecular formula is C34H31N3O5S. The minimum Gasteiger partial charge on any atom is -0.495 e. The molecule has 0 saturated carbocycles. The van der Waals surface area contributed by atoms with E-state index in [1.54, 1.807) is 36.4 Å². The van der Waals surface area contributed by atoms with Gasteiger partial charge in [-0.15, -0.1) is 0 Å². The van der Waals surface area contributed by atoms with Crippen LogP contribution in [0.3, 0.4) is 0 Å². The van der Waals surface area contributed by atoms with Gasteiger partial charge in [0.25, 0.3) is 15.9 Å². The molecule has 5 aromatic carbocycles. The molecule has 5 aromatic rings. The van der Waals surface area contributed by atoms with Gasteiger partial charge in [0, 0.05) is 0 Å². The minimum absolute atomic E-state index is 0.0535. The predicted molar refractivity (Wildman–Crippen MR) is 169 cm³/mol. The van der Waals surface area contributed by atoms with E-state index < -0.39 is 22.5 Å². The molecule has 9 heteroatoms. The van der Waals surface area contributed by atoms with E-state index in [0.717, 1.165) is 26.4 Å². The molecule has 8 nitrogen and oxygen atoms in total. The quantitative estimate of drug-likeness (QED) is 0.148. The molecule has 0 bridgehead atoms. The summed E-state index contributed by atoms with van der Waals surface area (Å²) in [5, 5.41) is 6.38. The number of hydrogen-bond acceptors (Lipinski definition) is 6. The van der Waals surface area contributed by atoms with Crippen LogP contribution in [-0.4, -0.2) is 34.2 Å². The molecule has 0 fully saturated rings. The first-order chi connectivity index (χ1) is 20.8. The van der Waals surface area contributed by atoms with E-state index in [-0.39, 0.29) is 10.6 Å². The predicted octanol–water partition coefficient (Wildman–Crippen LogP) is 6.08. The molecule has 0 radical (unpaired) electrons. The molecule has 0 aliphatic rings. The van der Waals surface area contributed by atoms with Crippen molar-refractivity contribution in [1.29, 1.82) is 0 Å². The summed E-state index contributed by atoms with van der Waals surface area (Å²) in [4.78, 5) is 13.0. The Morgan fingerprint density at radius 3 is 2.33 bits per heavy atom. The van der Waals surface area contributed by atoms with Gasteiger partial charge in [0.1, 0.15) is 24.7 Å². The lowest BCUT2D eigenvalue weighted by molar-refractivity contribution is -0.119. The first-order valence-electron chi connectivity index (χ1n) is 13.6. The van der Waals surface area contributed by atoms with Crippen molar-refractivity contribution in [3.05, 3.63) is 132 Å². The Labute approximate surface area is 251 Å². The molecule has 0 atom stereocenters. The number of hydrogen-bond donors (Lipinski definition) is 1. The Morgan fingerprint density at radius 2 is 1.58 bits per heavy atom. The Bertz CT molecular complexity index is 1860. The second-order valence-corrected chi connectivity index (χ2v) is 11.7. The van der Waals surface area contributed by atoms with Crippen molar-refractivity contribution in [3.8, 4) is 11.5 Å². The maximum Gasteiger partial charge on any atom is 0.264 e. The van der Waals surface area contributed by atoms with Crippen LogP contribution in [0.15, 0.2) is 125 Å². The Hall–Kier alpha value is -5.15. The van der Waals surface area contributed by atoms with E-state index in [2.05, 4.69) is 34.8 Å². The van der Waals surface area contributed by atoms with Crippen molar-refractivity contribution >= 4 is 38.6 Å². The number of methoxy groups -OCH3 is 1. The van der Waals surface area contributed by atoms with Gasteiger partial charge >= 0.3 is 0 Å². The zero-order valence-corrected chi connectivity index (χ0v) is 24.6. The fourth-order valence-electron chi connectivity index (χ4n) is 4.50. The van der Waals surface area contributed by atoms with Gasteiger partial charge in [0.05, 0.1) is 23.9 Å². The summed E-state index contributed by atoms with van der Waals surface area (Å²) in [6.45, 7) is 1.76. The third kappa shape index (κ3) is 7.20. The number of anilines is 1. The molecule has 1 N–H and O–H groups in total. The van der Waals surface area contributed by atoms with Crippen LogP contribution in [0.2, 0.25) is 0 Å². The molecule has 1 amide bonds. The summed E-state index contributed by atoms with van der Waals surface area (Å²) in [6.07, 6.45) is 1.48. The van der Waals surface area contributed by atoms with Crippen LogP contribution in [0.4, 0.5) is 5.69 Å². The number of carbonyl (C=O) groups excluding carboxylic acids is 1. The average molecular weight is 594 g/mol. The van der Waals surface area contributed by atoms with E-state index in [4.69, 9.17) is 9.47 Å². The summed E-state index contributed by atoms with van der Waals surface area (Å²) in [7, 11) is -2.64. The van der Waals surface area contributed by atoms with Crippen LogP contribution >= 0.6 is 0 Å². The smallest absolute Gasteiger partial charge is 0.264 e. The number of benzene rings is 5. The lowest BCUT2D eigenvalue weighted by atomic mass is 10.1. The number of ether oxygens (including phenoxy) is 2. The normalized spacial score (nSPS) is 11.4. The lowest BCUT2D eigenvalue weighted by Gasteiger charge is -2.25. The molecule has 0 unspecified atom stereocenters. The molecule has 0 aliphatic heterocycles. The van der Waals surface area contributed by atoms with Crippen LogP contribution in [-0.2, 0) is 21.4 Å². The Balaban J connectivity index is 1.24. The van der Waals surface area contributed by atoms with Gasteiger partial charge in [-0.1, -0.05) is 60.7 Å². The number of aryl methyl sites for hydroxylation is 1. The fourth-order valence-corrected chi connectivity index (χ4v) is 5.95. The lowest BCUT2D eigenvalue weighted by Crippen LogP contribution is -2.39. The highest BCUT2D eigenvalue weighted by Crippen LogP contribution is 2.33. The number of amides is 1. The highest BCUT2D eigenvalue weighted by atomic mass is 32.2. The fraction of sp³-hybridized carbons (Fsp3) is 0.118. The molecule has 0 aromatic heterocycles. The van der Waals surface area contributed by atoms with Gasteiger partial charge in [-0.3, -0.25) is 9.10 Å². The Kier molecular flexibility index (Phi) is 9.02. The standard InChI is InChI=1S/C34H31N3O5S/c1-25-12-19-33(41-2)32(20-25)37(43(39,40)31-10-4-3-5-11-31)23-34(38)36-35-22-26-14-17-30(18-15-26)42-24-27-13-16-28-8-6-7-9-29(28)21-27/h3-22H,23-24H2,1-2H3,(H,36,38)/b35-22-. The number of nitrogens with one attached hydrogen (secondary N) is 1. The van der Waals surface area contributed by atoms with Crippen LogP contribution in [0.1, 0.15) is 16.7 Å². The summed E-state index contributed by atoms with van der Waals surface area (Å²) >= 11 is 0. The largest absolute Gasteiger partial charge is 0.495 e. The van der Waals surface area contributed by atoms with Gasteiger partial charge in [0.15, 0.2) is 0 Å². The van der Waals surface area contributed by atoms with Crippen LogP contribution in [0.5, 0.6) is 11.5 Å². The zero-order chi connectivity index (χ0) is 30.2. The highest BCUT2D eigenvalue weighted by molar-refractivity contribution is 7.92. The number of fused-ring (bicyclic) bond motifs is 1. The van der Waals surface area contributed by atoms with Crippen molar-refractivity contribution < 1.29 is 22.7 Å². The maximum absolute atomic E-state index is 13.6. The number of nitrogens with zero attached hydrogens (tertiary/aromatic N) is 2. The van der Waals surface area contributed by atoms with E-state index in [0.29, 0.717) is 18.1 Å². The van der Waals surface area contributed by atoms with E-state index >= 15 is 0 Å². The van der Waals surface area contributed by atoms with Crippen molar-refractivity contribution in [1.82, 2.24) is 5.43 Å². The van der Waals surface area contributed by atoms with Crippen LogP contribution < -0.4 is 19.2 Å². The summed E-state index contributed by atoms with van der Waals surface area (Å²) in [5.74, 6) is 0.405. The van der Waals surface area contributed by atoms with Crippen LogP contribution in [0.25, 0.3) is 10.8 Å². The number of rotatable bonds is 11. The molecule has 0 aliphatic carbocycles. The third-order valence-electron chi connectivity index (χ3n) is 6.72. The summed E-state index contributed by atoms with van der Waals surface area (Å²) < 4.78 is 39.6. The Morgan fingerprint density at radius 1 is 0.860 bits per heavy atom. The van der Waals surface area contributed by atoms with Crippen molar-refractivity contribution in [3.63, 3.8) is 0 Å². The molecule has 5 rings (SSSR count). The molecule has 218 valence electrons. The highest BCUT2D eigenvalue weighted by Gasteiger charge is 2.29.